The molecule has 26 heavy (non-hydrogen) atoms. The van der Waals surface area contributed by atoms with Gasteiger partial charge in [0, 0.05) is 13.0 Å². The normalized spacial score (nSPS) is 10.4. The number of esters is 1. The van der Waals surface area contributed by atoms with Crippen LogP contribution in [0.25, 0.3) is 0 Å². The van der Waals surface area contributed by atoms with E-state index in [1.165, 1.54) is 31.4 Å². The molecule has 0 spiro atoms. The Balaban J connectivity index is 1.77. The van der Waals surface area contributed by atoms with Gasteiger partial charge in [-0.05, 0) is 42.8 Å². The predicted octanol–water partition coefficient (Wildman–Crippen LogP) is 3.43. The van der Waals surface area contributed by atoms with Gasteiger partial charge < -0.3 is 15.4 Å². The van der Waals surface area contributed by atoms with E-state index in [4.69, 9.17) is 11.6 Å². The summed E-state index contributed by atoms with van der Waals surface area (Å²) >= 11 is 6.04. The third kappa shape index (κ3) is 5.82. The second kappa shape index (κ2) is 9.89. The molecular formula is C19H20ClFN2O3. The van der Waals surface area contributed by atoms with Gasteiger partial charge in [0.2, 0.25) is 5.91 Å². The number of hydrogen-bond acceptors (Lipinski definition) is 4. The molecule has 0 unspecified atom stereocenters. The minimum absolute atomic E-state index is 0.218. The molecule has 2 aromatic rings. The molecule has 0 saturated heterocycles. The first-order valence-electron chi connectivity index (χ1n) is 8.13. The molecule has 2 rings (SSSR count). The molecule has 0 aliphatic rings. The Hall–Kier alpha value is -2.44. The van der Waals surface area contributed by atoms with Crippen molar-refractivity contribution in [1.82, 2.24) is 5.32 Å². The van der Waals surface area contributed by atoms with E-state index >= 15 is 0 Å². The van der Waals surface area contributed by atoms with Crippen LogP contribution >= 0.6 is 11.6 Å². The summed E-state index contributed by atoms with van der Waals surface area (Å²) in [4.78, 5) is 23.5. The summed E-state index contributed by atoms with van der Waals surface area (Å²) in [6.45, 7) is 1.00. The van der Waals surface area contributed by atoms with E-state index in [0.717, 1.165) is 0 Å². The van der Waals surface area contributed by atoms with E-state index in [9.17, 15) is 14.0 Å². The van der Waals surface area contributed by atoms with Crippen molar-refractivity contribution in [3.8, 4) is 0 Å². The maximum Gasteiger partial charge on any atom is 0.337 e. The summed E-state index contributed by atoms with van der Waals surface area (Å²) in [5.74, 6) is -0.980. The van der Waals surface area contributed by atoms with E-state index in [1.807, 2.05) is 0 Å². The summed E-state index contributed by atoms with van der Waals surface area (Å²) in [7, 11) is 1.28. The van der Waals surface area contributed by atoms with Crippen LogP contribution in [0.3, 0.4) is 0 Å². The number of methoxy groups -OCH3 is 1. The van der Waals surface area contributed by atoms with Crippen LogP contribution in [0.4, 0.5) is 10.1 Å². The Kier molecular flexibility index (Phi) is 7.56. The van der Waals surface area contributed by atoms with Crippen LogP contribution in [0.1, 0.15) is 22.3 Å². The van der Waals surface area contributed by atoms with Crippen molar-refractivity contribution in [2.45, 2.75) is 12.8 Å². The fraction of sp³-hybridized carbons (Fsp3) is 0.263. The Bertz CT molecular complexity index is 783. The van der Waals surface area contributed by atoms with Gasteiger partial charge in [-0.1, -0.05) is 29.8 Å². The van der Waals surface area contributed by atoms with Gasteiger partial charge in [0.1, 0.15) is 5.82 Å². The zero-order valence-electron chi connectivity index (χ0n) is 14.4. The first-order valence-corrected chi connectivity index (χ1v) is 8.51. The summed E-state index contributed by atoms with van der Waals surface area (Å²) in [6, 6.07) is 11.1. The predicted molar refractivity (Wildman–Crippen MR) is 99.0 cm³/mol. The fourth-order valence-electron chi connectivity index (χ4n) is 2.33. The second-order valence-electron chi connectivity index (χ2n) is 5.58. The van der Waals surface area contributed by atoms with Crippen molar-refractivity contribution >= 4 is 29.2 Å². The largest absolute Gasteiger partial charge is 0.465 e. The molecule has 5 nitrogen and oxygen atoms in total. The van der Waals surface area contributed by atoms with Crippen LogP contribution in [0, 0.1) is 5.82 Å². The average molecular weight is 379 g/mol. The monoisotopic (exact) mass is 378 g/mol. The lowest BCUT2D eigenvalue weighted by Gasteiger charge is -2.09. The Morgan fingerprint density at radius 1 is 1.15 bits per heavy atom. The molecule has 0 fully saturated rings. The number of hydrogen-bond donors (Lipinski definition) is 2. The highest BCUT2D eigenvalue weighted by Crippen LogP contribution is 2.23. The Morgan fingerprint density at radius 2 is 1.92 bits per heavy atom. The highest BCUT2D eigenvalue weighted by atomic mass is 35.5. The maximum absolute atomic E-state index is 13.5. The molecule has 1 amide bonds. The Labute approximate surface area is 156 Å². The lowest BCUT2D eigenvalue weighted by Crippen LogP contribution is -2.24. The molecule has 2 N–H and O–H groups in total. The maximum atomic E-state index is 13.5. The van der Waals surface area contributed by atoms with Gasteiger partial charge in [-0.15, -0.1) is 0 Å². The molecule has 0 aliphatic carbocycles. The zero-order valence-corrected chi connectivity index (χ0v) is 15.1. The lowest BCUT2D eigenvalue weighted by atomic mass is 10.1. The van der Waals surface area contributed by atoms with Gasteiger partial charge in [0.05, 0.1) is 23.4 Å². The molecule has 0 saturated carbocycles. The first-order chi connectivity index (χ1) is 12.5. The first kappa shape index (κ1) is 19.9. The zero-order chi connectivity index (χ0) is 18.9. The molecule has 0 aliphatic heterocycles. The van der Waals surface area contributed by atoms with Crippen LogP contribution in [0.5, 0.6) is 0 Å². The smallest absolute Gasteiger partial charge is 0.337 e. The number of amides is 1. The summed E-state index contributed by atoms with van der Waals surface area (Å²) in [6.07, 6.45) is 0.761. The van der Waals surface area contributed by atoms with E-state index in [2.05, 4.69) is 15.4 Å². The van der Waals surface area contributed by atoms with Gasteiger partial charge >= 0.3 is 5.97 Å². The van der Waals surface area contributed by atoms with Crippen molar-refractivity contribution in [3.63, 3.8) is 0 Å². The van der Waals surface area contributed by atoms with Crippen LogP contribution in [0.2, 0.25) is 5.02 Å². The van der Waals surface area contributed by atoms with E-state index in [-0.39, 0.29) is 18.1 Å². The minimum atomic E-state index is -0.507. The molecule has 0 heterocycles. The molecule has 0 atom stereocenters. The van der Waals surface area contributed by atoms with E-state index < -0.39 is 5.97 Å². The lowest BCUT2D eigenvalue weighted by molar-refractivity contribution is -0.116. The van der Waals surface area contributed by atoms with Gasteiger partial charge in [-0.25, -0.2) is 9.18 Å². The van der Waals surface area contributed by atoms with Gasteiger partial charge in [-0.2, -0.15) is 0 Å². The van der Waals surface area contributed by atoms with Crippen molar-refractivity contribution in [2.75, 3.05) is 25.5 Å². The number of anilines is 1. The SMILES string of the molecule is COC(=O)c1ccc(Cl)c(NC(=O)CCNCCc2ccccc2F)c1. The number of ether oxygens (including phenoxy) is 1. The van der Waals surface area contributed by atoms with Crippen LogP contribution < -0.4 is 10.6 Å². The van der Waals surface area contributed by atoms with Gasteiger partial charge in [0.25, 0.3) is 0 Å². The summed E-state index contributed by atoms with van der Waals surface area (Å²) < 4.78 is 18.1. The van der Waals surface area contributed by atoms with Gasteiger partial charge in [0.15, 0.2) is 0 Å². The quantitative estimate of drug-likeness (QED) is 0.545. The standard InChI is InChI=1S/C19H20ClFN2O3/c1-26-19(25)14-6-7-15(20)17(12-14)23-18(24)9-11-22-10-8-13-4-2-3-5-16(13)21/h2-7,12,22H,8-11H2,1H3,(H,23,24). The van der Waals surface area contributed by atoms with Crippen molar-refractivity contribution < 1.29 is 18.7 Å². The number of carbonyl (C=O) groups is 2. The minimum Gasteiger partial charge on any atom is -0.465 e. The van der Waals surface area contributed by atoms with Crippen molar-refractivity contribution in [3.05, 3.63) is 64.4 Å². The average Bonchev–Trinajstić information content (AvgIpc) is 2.64. The second-order valence-corrected chi connectivity index (χ2v) is 5.98. The molecule has 0 radical (unpaired) electrons. The highest BCUT2D eigenvalue weighted by Gasteiger charge is 2.11. The molecule has 2 aromatic carbocycles. The number of benzene rings is 2. The fourth-order valence-corrected chi connectivity index (χ4v) is 2.49. The van der Waals surface area contributed by atoms with Gasteiger partial charge in [-0.3, -0.25) is 4.79 Å². The van der Waals surface area contributed by atoms with Crippen LogP contribution in [0.15, 0.2) is 42.5 Å². The number of halogens is 2. The summed E-state index contributed by atoms with van der Waals surface area (Å²) in [5.41, 5.74) is 1.29. The third-order valence-corrected chi connectivity index (χ3v) is 4.05. The van der Waals surface area contributed by atoms with Crippen LogP contribution in [-0.4, -0.2) is 32.1 Å². The highest BCUT2D eigenvalue weighted by molar-refractivity contribution is 6.33. The number of nitrogens with one attached hydrogen (secondary N) is 2. The molecule has 138 valence electrons. The topological polar surface area (TPSA) is 67.4 Å². The molecule has 0 bridgehead atoms. The van der Waals surface area contributed by atoms with E-state index in [0.29, 0.717) is 41.3 Å². The summed E-state index contributed by atoms with van der Waals surface area (Å²) in [5, 5.41) is 6.10. The Morgan fingerprint density at radius 3 is 2.65 bits per heavy atom. The van der Waals surface area contributed by atoms with Crippen molar-refractivity contribution in [1.29, 1.82) is 0 Å². The number of rotatable bonds is 8. The molecular weight excluding hydrogens is 359 g/mol. The molecule has 7 heteroatoms. The van der Waals surface area contributed by atoms with Crippen LogP contribution in [-0.2, 0) is 16.0 Å². The van der Waals surface area contributed by atoms with Crippen molar-refractivity contribution in [2.24, 2.45) is 0 Å². The third-order valence-electron chi connectivity index (χ3n) is 3.72. The van der Waals surface area contributed by atoms with E-state index in [1.54, 1.807) is 18.2 Å². The molecule has 0 aromatic heterocycles. The number of carbonyl (C=O) groups excluding carboxylic acids is 2.